The second kappa shape index (κ2) is 5.87. The van der Waals surface area contributed by atoms with Gasteiger partial charge in [0.05, 0.1) is 10.8 Å². The van der Waals surface area contributed by atoms with E-state index in [1.807, 2.05) is 0 Å². The Balaban J connectivity index is 1.92. The maximum absolute atomic E-state index is 13.0. The van der Waals surface area contributed by atoms with Crippen molar-refractivity contribution in [2.24, 2.45) is 11.3 Å². The van der Waals surface area contributed by atoms with E-state index in [0.29, 0.717) is 6.54 Å². The van der Waals surface area contributed by atoms with Crippen LogP contribution in [-0.4, -0.2) is 38.8 Å². The molecule has 1 atom stereocenters. The van der Waals surface area contributed by atoms with E-state index >= 15 is 0 Å². The lowest BCUT2D eigenvalue weighted by molar-refractivity contribution is -0.127. The first-order chi connectivity index (χ1) is 10.9. The first-order valence-electron chi connectivity index (χ1n) is 7.86. The topological polar surface area (TPSA) is 66.5 Å². The molecule has 2 fully saturated rings. The normalized spacial score (nSPS) is 24.2. The number of nitrogens with zero attached hydrogens (tertiary/aromatic N) is 1. The Labute approximate surface area is 135 Å². The number of carbonyl (C=O) groups excluding carboxylic acids is 1. The minimum absolute atomic E-state index is 0.0737. The summed E-state index contributed by atoms with van der Waals surface area (Å²) in [6.07, 6.45) is 3.80. The van der Waals surface area contributed by atoms with Gasteiger partial charge in [0.1, 0.15) is 5.82 Å². The average Bonchev–Trinajstić information content (AvgIpc) is 3.15. The molecule has 1 spiro atoms. The van der Waals surface area contributed by atoms with Crippen molar-refractivity contribution in [3.63, 3.8) is 0 Å². The van der Waals surface area contributed by atoms with E-state index in [-0.39, 0.29) is 28.7 Å². The highest BCUT2D eigenvalue weighted by Gasteiger charge is 2.53. The predicted octanol–water partition coefficient (Wildman–Crippen LogP) is 1.75. The number of benzene rings is 1. The molecule has 1 aliphatic carbocycles. The molecule has 1 saturated heterocycles. The molecule has 0 aromatic heterocycles. The van der Waals surface area contributed by atoms with E-state index in [1.165, 1.54) is 16.4 Å². The average molecular weight is 340 g/mol. The van der Waals surface area contributed by atoms with Crippen LogP contribution in [0.4, 0.5) is 4.39 Å². The van der Waals surface area contributed by atoms with Crippen LogP contribution >= 0.6 is 0 Å². The second-order valence-electron chi connectivity index (χ2n) is 6.49. The summed E-state index contributed by atoms with van der Waals surface area (Å²) in [4.78, 5) is 12.3. The number of halogens is 1. The molecule has 0 radical (unpaired) electrons. The van der Waals surface area contributed by atoms with Gasteiger partial charge in [-0.05, 0) is 42.5 Å². The van der Waals surface area contributed by atoms with Gasteiger partial charge in [0.2, 0.25) is 15.9 Å². The Hall–Kier alpha value is -1.47. The van der Waals surface area contributed by atoms with Crippen molar-refractivity contribution in [2.75, 3.05) is 20.1 Å². The maximum atomic E-state index is 13.0. The summed E-state index contributed by atoms with van der Waals surface area (Å²) in [5.74, 6) is -0.880. The lowest BCUT2D eigenvalue weighted by atomic mass is 9.76. The quantitative estimate of drug-likeness (QED) is 0.912. The highest BCUT2D eigenvalue weighted by molar-refractivity contribution is 7.89. The van der Waals surface area contributed by atoms with Crippen LogP contribution in [-0.2, 0) is 14.8 Å². The van der Waals surface area contributed by atoms with Crippen molar-refractivity contribution in [2.45, 2.75) is 30.6 Å². The summed E-state index contributed by atoms with van der Waals surface area (Å²) in [7, 11) is -2.12. The van der Waals surface area contributed by atoms with Gasteiger partial charge in [0, 0.05) is 20.1 Å². The van der Waals surface area contributed by atoms with E-state index in [0.717, 1.165) is 37.8 Å². The van der Waals surface area contributed by atoms with Gasteiger partial charge < -0.3 is 5.32 Å². The number of hydrogen-bond acceptors (Lipinski definition) is 3. The molecule has 7 heteroatoms. The van der Waals surface area contributed by atoms with E-state index in [1.54, 1.807) is 7.05 Å². The van der Waals surface area contributed by atoms with Crippen molar-refractivity contribution in [3.8, 4) is 0 Å². The predicted molar refractivity (Wildman–Crippen MR) is 83.6 cm³/mol. The van der Waals surface area contributed by atoms with Gasteiger partial charge >= 0.3 is 0 Å². The molecule has 23 heavy (non-hydrogen) atoms. The van der Waals surface area contributed by atoms with E-state index < -0.39 is 15.8 Å². The summed E-state index contributed by atoms with van der Waals surface area (Å²) in [6.45, 7) is 0.560. The third kappa shape index (κ3) is 2.76. The SMILES string of the molecule is CNC(=O)[C@H]1CN(S(=O)(=O)c2ccc(F)cc2)CC12CCCC2. The van der Waals surface area contributed by atoms with Crippen molar-refractivity contribution in [1.82, 2.24) is 9.62 Å². The lowest BCUT2D eigenvalue weighted by Crippen LogP contribution is -2.38. The van der Waals surface area contributed by atoms with Gasteiger partial charge in [-0.15, -0.1) is 0 Å². The molecule has 1 amide bonds. The number of sulfonamides is 1. The smallest absolute Gasteiger partial charge is 0.243 e. The first-order valence-corrected chi connectivity index (χ1v) is 9.30. The molecule has 126 valence electrons. The molecule has 1 N–H and O–H groups in total. The summed E-state index contributed by atoms with van der Waals surface area (Å²) >= 11 is 0. The fourth-order valence-corrected chi connectivity index (χ4v) is 5.53. The Kier molecular flexibility index (Phi) is 4.18. The van der Waals surface area contributed by atoms with E-state index in [2.05, 4.69) is 5.32 Å². The zero-order valence-corrected chi connectivity index (χ0v) is 13.9. The highest BCUT2D eigenvalue weighted by atomic mass is 32.2. The van der Waals surface area contributed by atoms with Crippen LogP contribution in [0.25, 0.3) is 0 Å². The number of nitrogens with one attached hydrogen (secondary N) is 1. The number of hydrogen-bond donors (Lipinski definition) is 1. The Morgan fingerprint density at radius 2 is 1.87 bits per heavy atom. The van der Waals surface area contributed by atoms with Crippen LogP contribution in [0.2, 0.25) is 0 Å². The third-order valence-electron chi connectivity index (χ3n) is 5.23. The molecular weight excluding hydrogens is 319 g/mol. The van der Waals surface area contributed by atoms with E-state index in [4.69, 9.17) is 0 Å². The van der Waals surface area contributed by atoms with Gasteiger partial charge in [0.15, 0.2) is 0 Å². The van der Waals surface area contributed by atoms with Crippen molar-refractivity contribution in [1.29, 1.82) is 0 Å². The molecular formula is C16H21FN2O3S. The zero-order chi connectivity index (χ0) is 16.7. The van der Waals surface area contributed by atoms with Crippen LogP contribution in [0, 0.1) is 17.2 Å². The van der Waals surface area contributed by atoms with Crippen molar-refractivity contribution >= 4 is 15.9 Å². The standard InChI is InChI=1S/C16H21FN2O3S/c1-18-15(20)14-10-19(11-16(14)8-2-3-9-16)23(21,22)13-6-4-12(17)5-7-13/h4-7,14H,2-3,8-11H2,1H3,(H,18,20)/t14-/m1/s1. The highest BCUT2D eigenvalue weighted by Crippen LogP contribution is 2.50. The fourth-order valence-electron chi connectivity index (χ4n) is 3.98. The monoisotopic (exact) mass is 340 g/mol. The fraction of sp³-hybridized carbons (Fsp3) is 0.562. The maximum Gasteiger partial charge on any atom is 0.243 e. The largest absolute Gasteiger partial charge is 0.359 e. The van der Waals surface area contributed by atoms with Gasteiger partial charge in [0.25, 0.3) is 0 Å². The van der Waals surface area contributed by atoms with Crippen LogP contribution in [0.15, 0.2) is 29.2 Å². The molecule has 3 rings (SSSR count). The van der Waals surface area contributed by atoms with Gasteiger partial charge in [-0.3, -0.25) is 4.79 Å². The summed E-state index contributed by atoms with van der Waals surface area (Å²) in [5.41, 5.74) is -0.257. The Bertz CT molecular complexity index is 697. The molecule has 1 aliphatic heterocycles. The number of carbonyl (C=O) groups is 1. The third-order valence-corrected chi connectivity index (χ3v) is 7.06. The summed E-state index contributed by atoms with van der Waals surface area (Å²) in [6, 6.07) is 4.84. The van der Waals surface area contributed by atoms with Crippen LogP contribution in [0.1, 0.15) is 25.7 Å². The van der Waals surface area contributed by atoms with Gasteiger partial charge in [-0.25, -0.2) is 12.8 Å². The number of amides is 1. The molecule has 1 aromatic carbocycles. The zero-order valence-electron chi connectivity index (χ0n) is 13.1. The minimum Gasteiger partial charge on any atom is -0.359 e. The van der Waals surface area contributed by atoms with E-state index in [9.17, 15) is 17.6 Å². The summed E-state index contributed by atoms with van der Waals surface area (Å²) in [5, 5.41) is 2.67. The lowest BCUT2D eigenvalue weighted by Gasteiger charge is -2.28. The van der Waals surface area contributed by atoms with Crippen molar-refractivity contribution in [3.05, 3.63) is 30.1 Å². The molecule has 0 bridgehead atoms. The van der Waals surface area contributed by atoms with Crippen molar-refractivity contribution < 1.29 is 17.6 Å². The molecule has 1 aromatic rings. The van der Waals surface area contributed by atoms with Gasteiger partial charge in [-0.1, -0.05) is 12.8 Å². The Morgan fingerprint density at radius 3 is 2.43 bits per heavy atom. The summed E-state index contributed by atoms with van der Waals surface area (Å²) < 4.78 is 40.1. The first kappa shape index (κ1) is 16.4. The molecule has 0 unspecified atom stereocenters. The Morgan fingerprint density at radius 1 is 1.26 bits per heavy atom. The molecule has 1 saturated carbocycles. The molecule has 2 aliphatic rings. The molecule has 5 nitrogen and oxygen atoms in total. The van der Waals surface area contributed by atoms with Crippen LogP contribution in [0.3, 0.4) is 0 Å². The second-order valence-corrected chi connectivity index (χ2v) is 8.43. The van der Waals surface area contributed by atoms with Gasteiger partial charge in [-0.2, -0.15) is 4.31 Å². The number of rotatable bonds is 3. The molecule has 1 heterocycles. The van der Waals surface area contributed by atoms with Crippen LogP contribution in [0.5, 0.6) is 0 Å². The van der Waals surface area contributed by atoms with Crippen LogP contribution < -0.4 is 5.32 Å². The minimum atomic E-state index is -3.71.